The first kappa shape index (κ1) is 27.8. The first-order valence-electron chi connectivity index (χ1n) is 14.7. The summed E-state index contributed by atoms with van der Waals surface area (Å²) in [5, 5.41) is 9.81. The van der Waals surface area contributed by atoms with Crippen molar-refractivity contribution in [2.45, 2.75) is 71.4 Å². The Morgan fingerprint density at radius 2 is 1.73 bits per heavy atom. The SMILES string of the molecule is CC(C)[C@H](N)C(=O)Nc1ccc(N2C(=O)N(C(C)C3C=CC=CC3)N=C(C3CCCCC3)c3ccccc32)cc1. The van der Waals surface area contributed by atoms with Crippen LogP contribution in [0.4, 0.5) is 21.9 Å². The smallest absolute Gasteiger partial charge is 0.325 e. The highest BCUT2D eigenvalue weighted by Crippen LogP contribution is 2.39. The predicted molar refractivity (Wildman–Crippen MR) is 163 cm³/mol. The lowest BCUT2D eigenvalue weighted by molar-refractivity contribution is -0.118. The fourth-order valence-electron chi connectivity index (χ4n) is 5.86. The second kappa shape index (κ2) is 12.2. The summed E-state index contributed by atoms with van der Waals surface area (Å²) in [5.41, 5.74) is 10.3. The Morgan fingerprint density at radius 1 is 1.00 bits per heavy atom. The number of hydrogen-bond donors (Lipinski definition) is 2. The Morgan fingerprint density at radius 3 is 2.40 bits per heavy atom. The normalized spacial score (nSPS) is 21.1. The van der Waals surface area contributed by atoms with Crippen LogP contribution in [0.3, 0.4) is 0 Å². The number of hydrazone groups is 1. The number of benzene rings is 2. The lowest BCUT2D eigenvalue weighted by Gasteiger charge is -2.33. The molecule has 3 aliphatic rings. The molecule has 2 unspecified atom stereocenters. The van der Waals surface area contributed by atoms with Gasteiger partial charge in [0.2, 0.25) is 5.91 Å². The third-order valence-corrected chi connectivity index (χ3v) is 8.45. The highest BCUT2D eigenvalue weighted by Gasteiger charge is 2.37. The first-order chi connectivity index (χ1) is 19.3. The molecule has 7 heteroatoms. The minimum absolute atomic E-state index is 0.0336. The quantitative estimate of drug-likeness (QED) is 0.397. The van der Waals surface area contributed by atoms with E-state index in [2.05, 4.69) is 42.6 Å². The molecule has 1 fully saturated rings. The fourth-order valence-corrected chi connectivity index (χ4v) is 5.86. The molecule has 1 aliphatic heterocycles. The molecular formula is C33H41N5O2. The largest absolute Gasteiger partial charge is 0.349 e. The van der Waals surface area contributed by atoms with E-state index in [4.69, 9.17) is 10.8 Å². The number of nitrogens with one attached hydrogen (secondary N) is 1. The maximum Gasteiger partial charge on any atom is 0.349 e. The van der Waals surface area contributed by atoms with E-state index in [-0.39, 0.29) is 29.8 Å². The van der Waals surface area contributed by atoms with Gasteiger partial charge in [-0.3, -0.25) is 9.69 Å². The van der Waals surface area contributed by atoms with E-state index in [1.165, 1.54) is 19.3 Å². The summed E-state index contributed by atoms with van der Waals surface area (Å²) < 4.78 is 0. The highest BCUT2D eigenvalue weighted by atomic mass is 16.2. The molecule has 5 rings (SSSR count). The van der Waals surface area contributed by atoms with Crippen molar-refractivity contribution in [3.8, 4) is 0 Å². The molecule has 3 amide bonds. The molecule has 1 saturated carbocycles. The van der Waals surface area contributed by atoms with Crippen molar-refractivity contribution >= 4 is 34.7 Å². The third kappa shape index (κ3) is 5.75. The number of para-hydroxylation sites is 1. The molecular weight excluding hydrogens is 498 g/mol. The van der Waals surface area contributed by atoms with Gasteiger partial charge in [0.1, 0.15) is 0 Å². The Bertz CT molecular complexity index is 1310. The molecule has 3 N–H and O–H groups in total. The van der Waals surface area contributed by atoms with Crippen LogP contribution in [0.25, 0.3) is 0 Å². The van der Waals surface area contributed by atoms with Gasteiger partial charge in [0.25, 0.3) is 0 Å². The van der Waals surface area contributed by atoms with E-state index in [1.807, 2.05) is 56.3 Å². The average Bonchev–Trinajstić information content (AvgIpc) is 3.11. The summed E-state index contributed by atoms with van der Waals surface area (Å²) >= 11 is 0. The van der Waals surface area contributed by atoms with Crippen LogP contribution in [-0.2, 0) is 4.79 Å². The van der Waals surface area contributed by atoms with Gasteiger partial charge >= 0.3 is 6.03 Å². The van der Waals surface area contributed by atoms with E-state index in [1.54, 1.807) is 9.91 Å². The van der Waals surface area contributed by atoms with E-state index in [9.17, 15) is 9.59 Å². The van der Waals surface area contributed by atoms with Crippen molar-refractivity contribution in [1.29, 1.82) is 0 Å². The molecule has 2 aliphatic carbocycles. The van der Waals surface area contributed by atoms with Crippen LogP contribution in [-0.4, -0.2) is 34.7 Å². The van der Waals surface area contributed by atoms with Crippen LogP contribution in [0.15, 0.2) is 77.9 Å². The summed E-state index contributed by atoms with van der Waals surface area (Å²) in [4.78, 5) is 28.8. The molecule has 0 bridgehead atoms. The lowest BCUT2D eigenvalue weighted by atomic mass is 9.83. The maximum atomic E-state index is 14.5. The van der Waals surface area contributed by atoms with Crippen molar-refractivity contribution in [3.05, 3.63) is 78.4 Å². The summed E-state index contributed by atoms with van der Waals surface area (Å²) in [7, 11) is 0. The zero-order valence-corrected chi connectivity index (χ0v) is 23.8. The fraction of sp³-hybridized carbons (Fsp3) is 0.424. The molecule has 3 atom stereocenters. The van der Waals surface area contributed by atoms with Gasteiger partial charge in [-0.1, -0.05) is 75.6 Å². The standard InChI is InChI=1S/C33H41N5O2/c1-22(2)30(34)32(39)35-26-18-20-27(21-19-26)37-29-17-11-10-16-28(29)31(25-14-8-5-9-15-25)36-38(33(37)40)23(3)24-12-6-4-7-13-24/h4,6-7,10-12,16-25,30H,5,8-9,13-15,34H2,1-3H3,(H,35,39)/t23?,24?,30-/m0/s1. The van der Waals surface area contributed by atoms with Gasteiger partial charge in [0.15, 0.2) is 0 Å². The average molecular weight is 540 g/mol. The van der Waals surface area contributed by atoms with Crippen LogP contribution in [0, 0.1) is 17.8 Å². The molecule has 40 heavy (non-hydrogen) atoms. The number of carbonyl (C=O) groups excluding carboxylic acids is 2. The topological polar surface area (TPSA) is 91.0 Å². The maximum absolute atomic E-state index is 14.5. The summed E-state index contributed by atoms with van der Waals surface area (Å²) in [6.45, 7) is 5.94. The Kier molecular flexibility index (Phi) is 8.50. The molecule has 2 aromatic rings. The van der Waals surface area contributed by atoms with Gasteiger partial charge in [-0.05, 0) is 62.4 Å². The number of amides is 3. The van der Waals surface area contributed by atoms with Crippen molar-refractivity contribution in [1.82, 2.24) is 5.01 Å². The number of anilines is 3. The van der Waals surface area contributed by atoms with Crippen LogP contribution >= 0.6 is 0 Å². The van der Waals surface area contributed by atoms with Crippen molar-refractivity contribution < 1.29 is 9.59 Å². The molecule has 210 valence electrons. The van der Waals surface area contributed by atoms with Crippen LogP contribution in [0.5, 0.6) is 0 Å². The Hall–Kier alpha value is -3.71. The van der Waals surface area contributed by atoms with Crippen molar-refractivity contribution in [2.24, 2.45) is 28.6 Å². The molecule has 0 saturated heterocycles. The third-order valence-electron chi connectivity index (χ3n) is 8.45. The van der Waals surface area contributed by atoms with Gasteiger partial charge in [-0.15, -0.1) is 0 Å². The highest BCUT2D eigenvalue weighted by molar-refractivity contribution is 6.14. The number of nitrogens with two attached hydrogens (primary N) is 1. The number of hydrogen-bond acceptors (Lipinski definition) is 4. The molecule has 0 radical (unpaired) electrons. The van der Waals surface area contributed by atoms with Crippen molar-refractivity contribution in [2.75, 3.05) is 10.2 Å². The van der Waals surface area contributed by atoms with Crippen LogP contribution in [0.1, 0.15) is 64.9 Å². The summed E-state index contributed by atoms with van der Waals surface area (Å²) in [6.07, 6.45) is 15.1. The Balaban J connectivity index is 1.54. The summed E-state index contributed by atoms with van der Waals surface area (Å²) in [6, 6.07) is 14.6. The second-order valence-electron chi connectivity index (χ2n) is 11.6. The lowest BCUT2D eigenvalue weighted by Crippen LogP contribution is -2.45. The number of fused-ring (bicyclic) bond motifs is 1. The van der Waals surface area contributed by atoms with Gasteiger partial charge in [0, 0.05) is 23.1 Å². The zero-order chi connectivity index (χ0) is 28.2. The van der Waals surface area contributed by atoms with Gasteiger partial charge in [0.05, 0.1) is 29.2 Å². The Labute approximate surface area is 237 Å². The van der Waals surface area contributed by atoms with E-state index >= 15 is 0 Å². The number of urea groups is 1. The number of rotatable bonds is 7. The molecule has 2 aromatic carbocycles. The summed E-state index contributed by atoms with van der Waals surface area (Å²) in [5.74, 6) is 0.309. The van der Waals surface area contributed by atoms with Gasteiger partial charge in [-0.2, -0.15) is 5.10 Å². The molecule has 7 nitrogen and oxygen atoms in total. The van der Waals surface area contributed by atoms with Crippen LogP contribution in [0.2, 0.25) is 0 Å². The monoisotopic (exact) mass is 539 g/mol. The number of nitrogens with zero attached hydrogens (tertiary/aromatic N) is 3. The van der Waals surface area contributed by atoms with E-state index < -0.39 is 6.04 Å². The molecule has 0 spiro atoms. The van der Waals surface area contributed by atoms with Crippen LogP contribution < -0.4 is 16.0 Å². The van der Waals surface area contributed by atoms with E-state index in [0.29, 0.717) is 11.6 Å². The zero-order valence-electron chi connectivity index (χ0n) is 23.8. The van der Waals surface area contributed by atoms with Gasteiger partial charge < -0.3 is 11.1 Å². The molecule has 1 heterocycles. The molecule has 0 aromatic heterocycles. The second-order valence-corrected chi connectivity index (χ2v) is 11.6. The minimum Gasteiger partial charge on any atom is -0.325 e. The van der Waals surface area contributed by atoms with E-state index in [0.717, 1.165) is 41.9 Å². The van der Waals surface area contributed by atoms with Crippen molar-refractivity contribution in [3.63, 3.8) is 0 Å². The number of allylic oxidation sites excluding steroid dienone is 3. The minimum atomic E-state index is -0.590. The first-order valence-corrected chi connectivity index (χ1v) is 14.7. The van der Waals surface area contributed by atoms with Gasteiger partial charge in [-0.25, -0.2) is 9.80 Å². The number of carbonyl (C=O) groups is 2. The predicted octanol–water partition coefficient (Wildman–Crippen LogP) is 6.99.